The van der Waals surface area contributed by atoms with Crippen LogP contribution >= 0.6 is 50.1 Å². The fourth-order valence-corrected chi connectivity index (χ4v) is 2.35. The monoisotopic (exact) mass is 374 g/mol. The Labute approximate surface area is 103 Å². The minimum atomic E-state index is -0.376. The molecule has 0 amide bonds. The molecule has 0 fully saturated rings. The largest absolute Gasteiger partial charge is 0.465 e. The van der Waals surface area contributed by atoms with Gasteiger partial charge in [0, 0.05) is 8.04 Å². The fraction of sp³-hybridized carbons (Fsp3) is 0.125. The fourth-order valence-electron chi connectivity index (χ4n) is 0.794. The Hall–Kier alpha value is 0.190. The molecule has 2 nitrogen and oxygen atoms in total. The van der Waals surface area contributed by atoms with Gasteiger partial charge in [0.2, 0.25) is 0 Å². The molecular weight excluding hydrogens is 370 g/mol. The molecule has 0 saturated heterocycles. The van der Waals surface area contributed by atoms with Crippen LogP contribution in [0.15, 0.2) is 16.6 Å². The van der Waals surface area contributed by atoms with Gasteiger partial charge in [-0.2, -0.15) is 0 Å². The van der Waals surface area contributed by atoms with Crippen molar-refractivity contribution in [3.63, 3.8) is 0 Å². The lowest BCUT2D eigenvalue weighted by atomic mass is 10.2. The van der Waals surface area contributed by atoms with Crippen LogP contribution in [0.3, 0.4) is 0 Å². The first-order chi connectivity index (χ1) is 6.07. The van der Waals surface area contributed by atoms with Crippen molar-refractivity contribution in [2.75, 3.05) is 7.11 Å². The molecule has 1 aromatic rings. The number of hydrogen-bond acceptors (Lipinski definition) is 2. The highest BCUT2D eigenvalue weighted by molar-refractivity contribution is 14.1. The molecule has 0 heterocycles. The summed E-state index contributed by atoms with van der Waals surface area (Å²) >= 11 is 11.2. The van der Waals surface area contributed by atoms with Gasteiger partial charge in [-0.25, -0.2) is 4.79 Å². The normalized spacial score (nSPS) is 9.85. The second kappa shape index (κ2) is 4.61. The summed E-state index contributed by atoms with van der Waals surface area (Å²) in [5.41, 5.74) is 0.483. The Bertz CT molecular complexity index is 354. The number of halogens is 3. The Morgan fingerprint density at radius 2 is 2.23 bits per heavy atom. The summed E-state index contributed by atoms with van der Waals surface area (Å²) in [6, 6.07) is 3.39. The summed E-state index contributed by atoms with van der Waals surface area (Å²) in [5, 5.41) is 0.531. The molecule has 13 heavy (non-hydrogen) atoms. The van der Waals surface area contributed by atoms with Crippen molar-refractivity contribution < 1.29 is 9.53 Å². The molecule has 0 aromatic heterocycles. The van der Waals surface area contributed by atoms with E-state index < -0.39 is 0 Å². The highest BCUT2D eigenvalue weighted by Crippen LogP contribution is 2.30. The molecule has 70 valence electrons. The molecule has 0 atom stereocenters. The van der Waals surface area contributed by atoms with E-state index in [9.17, 15) is 4.79 Å². The summed E-state index contributed by atoms with van der Waals surface area (Å²) in [4.78, 5) is 11.2. The number of carbonyl (C=O) groups is 1. The second-order valence-electron chi connectivity index (χ2n) is 2.21. The number of methoxy groups -OCH3 is 1. The van der Waals surface area contributed by atoms with Crippen LogP contribution in [0.25, 0.3) is 0 Å². The second-order valence-corrected chi connectivity index (χ2v) is 4.53. The lowest BCUT2D eigenvalue weighted by molar-refractivity contribution is 0.0599. The number of hydrogen-bond donors (Lipinski definition) is 0. The third-order valence-electron chi connectivity index (χ3n) is 1.44. The number of benzene rings is 1. The van der Waals surface area contributed by atoms with E-state index in [0.29, 0.717) is 14.2 Å². The molecular formula is C8H5BrClIO2. The average molecular weight is 375 g/mol. The predicted molar refractivity (Wildman–Crippen MR) is 63.2 cm³/mol. The molecule has 0 radical (unpaired) electrons. The first-order valence-corrected chi connectivity index (χ1v) is 5.54. The van der Waals surface area contributed by atoms with Gasteiger partial charge in [0.15, 0.2) is 0 Å². The van der Waals surface area contributed by atoms with Crippen molar-refractivity contribution >= 4 is 56.1 Å². The Balaban J connectivity index is 3.26. The van der Waals surface area contributed by atoms with Gasteiger partial charge in [0.05, 0.1) is 17.7 Å². The molecule has 5 heteroatoms. The summed E-state index contributed by atoms with van der Waals surface area (Å²) in [7, 11) is 1.34. The molecule has 0 aliphatic heterocycles. The van der Waals surface area contributed by atoms with Crippen molar-refractivity contribution in [2.45, 2.75) is 0 Å². The SMILES string of the molecule is COC(=O)c1ccc(Br)c(Cl)c1I. The van der Waals surface area contributed by atoms with E-state index in [-0.39, 0.29) is 5.97 Å². The zero-order valence-electron chi connectivity index (χ0n) is 6.61. The number of esters is 1. The first-order valence-electron chi connectivity index (χ1n) is 3.29. The van der Waals surface area contributed by atoms with Crippen LogP contribution in [-0.4, -0.2) is 13.1 Å². The van der Waals surface area contributed by atoms with Crippen LogP contribution in [0.5, 0.6) is 0 Å². The highest BCUT2D eigenvalue weighted by Gasteiger charge is 2.14. The van der Waals surface area contributed by atoms with E-state index in [0.717, 1.165) is 4.47 Å². The minimum Gasteiger partial charge on any atom is -0.465 e. The van der Waals surface area contributed by atoms with Gasteiger partial charge in [-0.1, -0.05) is 11.6 Å². The van der Waals surface area contributed by atoms with Crippen molar-refractivity contribution in [3.05, 3.63) is 30.8 Å². The summed E-state index contributed by atoms with van der Waals surface area (Å²) in [5.74, 6) is -0.376. The van der Waals surface area contributed by atoms with Gasteiger partial charge in [-0.3, -0.25) is 0 Å². The molecule has 0 saturated carbocycles. The van der Waals surface area contributed by atoms with Gasteiger partial charge in [0.1, 0.15) is 0 Å². The van der Waals surface area contributed by atoms with E-state index >= 15 is 0 Å². The summed E-state index contributed by atoms with van der Waals surface area (Å²) in [6.45, 7) is 0. The van der Waals surface area contributed by atoms with Crippen molar-refractivity contribution in [1.29, 1.82) is 0 Å². The minimum absolute atomic E-state index is 0.376. The lowest BCUT2D eigenvalue weighted by Gasteiger charge is -2.04. The van der Waals surface area contributed by atoms with Crippen LogP contribution in [0.1, 0.15) is 10.4 Å². The molecule has 0 N–H and O–H groups in total. The van der Waals surface area contributed by atoms with Gasteiger partial charge in [-0.15, -0.1) is 0 Å². The number of rotatable bonds is 1. The summed E-state index contributed by atoms with van der Waals surface area (Å²) < 4.78 is 6.06. The molecule has 0 unspecified atom stereocenters. The quantitative estimate of drug-likeness (QED) is 0.427. The van der Waals surface area contributed by atoms with E-state index in [1.54, 1.807) is 12.1 Å². The van der Waals surface area contributed by atoms with Crippen LogP contribution in [-0.2, 0) is 4.74 Å². The van der Waals surface area contributed by atoms with Gasteiger partial charge >= 0.3 is 5.97 Å². The zero-order chi connectivity index (χ0) is 10.0. The van der Waals surface area contributed by atoms with E-state index in [1.165, 1.54) is 7.11 Å². The maximum Gasteiger partial charge on any atom is 0.338 e. The van der Waals surface area contributed by atoms with Crippen LogP contribution in [0.2, 0.25) is 5.02 Å². The molecule has 0 bridgehead atoms. The molecule has 1 rings (SSSR count). The zero-order valence-corrected chi connectivity index (χ0v) is 11.1. The Morgan fingerprint density at radius 1 is 1.62 bits per heavy atom. The summed E-state index contributed by atoms with van der Waals surface area (Å²) in [6.07, 6.45) is 0. The van der Waals surface area contributed by atoms with E-state index in [1.807, 2.05) is 22.6 Å². The van der Waals surface area contributed by atoms with Crippen molar-refractivity contribution in [2.24, 2.45) is 0 Å². The van der Waals surface area contributed by atoms with Crippen molar-refractivity contribution in [3.8, 4) is 0 Å². The van der Waals surface area contributed by atoms with Gasteiger partial charge in [-0.05, 0) is 50.7 Å². The number of ether oxygens (including phenoxy) is 1. The predicted octanol–water partition coefficient (Wildman–Crippen LogP) is 3.49. The van der Waals surface area contributed by atoms with Gasteiger partial charge < -0.3 is 4.74 Å². The Morgan fingerprint density at radius 3 is 2.77 bits per heavy atom. The van der Waals surface area contributed by atoms with E-state index in [4.69, 9.17) is 11.6 Å². The lowest BCUT2D eigenvalue weighted by Crippen LogP contribution is -2.03. The highest BCUT2D eigenvalue weighted by atomic mass is 127. The third kappa shape index (κ3) is 2.35. The molecule has 0 aliphatic carbocycles. The number of carbonyl (C=O) groups excluding carboxylic acids is 1. The smallest absolute Gasteiger partial charge is 0.338 e. The molecule has 0 spiro atoms. The average Bonchev–Trinajstić information content (AvgIpc) is 2.13. The van der Waals surface area contributed by atoms with Crippen molar-refractivity contribution in [1.82, 2.24) is 0 Å². The van der Waals surface area contributed by atoms with E-state index in [2.05, 4.69) is 20.7 Å². The van der Waals surface area contributed by atoms with Crippen LogP contribution < -0.4 is 0 Å². The standard InChI is InChI=1S/C8H5BrClIO2/c1-13-8(12)4-2-3-5(9)6(10)7(4)11/h2-3H,1H3. The molecule has 1 aromatic carbocycles. The first kappa shape index (κ1) is 11.3. The maximum atomic E-state index is 11.2. The maximum absolute atomic E-state index is 11.2. The van der Waals surface area contributed by atoms with Crippen LogP contribution in [0.4, 0.5) is 0 Å². The third-order valence-corrected chi connectivity index (χ3v) is 4.16. The van der Waals surface area contributed by atoms with Gasteiger partial charge in [0.25, 0.3) is 0 Å². The van der Waals surface area contributed by atoms with Crippen LogP contribution in [0, 0.1) is 3.57 Å². The Kier molecular flexibility index (Phi) is 4.00. The topological polar surface area (TPSA) is 26.3 Å². The molecule has 0 aliphatic rings.